The van der Waals surface area contributed by atoms with Gasteiger partial charge in [0.2, 0.25) is 5.91 Å². The minimum Gasteiger partial charge on any atom is -0.494 e. The Labute approximate surface area is 133 Å². The van der Waals surface area contributed by atoms with Gasteiger partial charge in [0, 0.05) is 25.7 Å². The molecule has 1 aromatic carbocycles. The largest absolute Gasteiger partial charge is 0.494 e. The third-order valence-corrected chi connectivity index (χ3v) is 3.81. The first kappa shape index (κ1) is 17.0. The van der Waals surface area contributed by atoms with Gasteiger partial charge in [-0.3, -0.25) is 14.9 Å². The molecule has 8 heteroatoms. The second kappa shape index (κ2) is 7.26. The van der Waals surface area contributed by atoms with E-state index in [1.165, 1.54) is 13.2 Å². The summed E-state index contributed by atoms with van der Waals surface area (Å²) in [5, 5.41) is 11.2. The topological polar surface area (TPSA) is 75.9 Å². The molecule has 1 aliphatic rings. The molecule has 0 aliphatic carbocycles. The van der Waals surface area contributed by atoms with Gasteiger partial charge >= 0.3 is 0 Å². The summed E-state index contributed by atoms with van der Waals surface area (Å²) in [6.07, 6.45) is 1.55. The lowest BCUT2D eigenvalue weighted by Gasteiger charge is -2.23. The van der Waals surface area contributed by atoms with Crippen LogP contribution in [0.4, 0.5) is 15.8 Å². The molecule has 1 heterocycles. The van der Waals surface area contributed by atoms with Crippen LogP contribution in [0.5, 0.6) is 5.75 Å². The Bertz CT molecular complexity index is 609. The molecular weight excluding hydrogens is 305 g/mol. The Balaban J connectivity index is 2.36. The molecule has 0 atom stereocenters. The number of methoxy groups -OCH3 is 1. The predicted octanol–water partition coefficient (Wildman–Crippen LogP) is 2.19. The van der Waals surface area contributed by atoms with Gasteiger partial charge in [-0.2, -0.15) is 0 Å². The Morgan fingerprint density at radius 2 is 2.13 bits per heavy atom. The van der Waals surface area contributed by atoms with Crippen molar-refractivity contribution >= 4 is 17.3 Å². The summed E-state index contributed by atoms with van der Waals surface area (Å²) in [5.74, 6) is -0.952. The first-order valence-corrected chi connectivity index (χ1v) is 7.52. The van der Waals surface area contributed by atoms with E-state index in [4.69, 9.17) is 4.74 Å². The van der Waals surface area contributed by atoms with Gasteiger partial charge in [0.25, 0.3) is 5.69 Å². The third kappa shape index (κ3) is 3.69. The summed E-state index contributed by atoms with van der Waals surface area (Å²) in [6, 6.07) is 2.13. The summed E-state index contributed by atoms with van der Waals surface area (Å²) in [7, 11) is 1.30. The summed E-state index contributed by atoms with van der Waals surface area (Å²) in [4.78, 5) is 26.3. The Morgan fingerprint density at radius 3 is 2.74 bits per heavy atom. The maximum atomic E-state index is 13.8. The second-order valence-electron chi connectivity index (χ2n) is 5.39. The van der Waals surface area contributed by atoms with E-state index >= 15 is 0 Å². The van der Waals surface area contributed by atoms with Crippen molar-refractivity contribution in [3.63, 3.8) is 0 Å². The molecular formula is C15H20FN3O4. The normalized spacial score (nSPS) is 15.5. The van der Waals surface area contributed by atoms with Crippen LogP contribution in [-0.4, -0.2) is 49.0 Å². The fourth-order valence-corrected chi connectivity index (χ4v) is 2.72. The monoisotopic (exact) mass is 325 g/mol. The zero-order valence-corrected chi connectivity index (χ0v) is 13.2. The highest BCUT2D eigenvalue weighted by atomic mass is 19.1. The van der Waals surface area contributed by atoms with Crippen molar-refractivity contribution in [2.24, 2.45) is 0 Å². The molecule has 1 fully saturated rings. The van der Waals surface area contributed by atoms with Crippen molar-refractivity contribution in [1.29, 1.82) is 0 Å². The molecule has 23 heavy (non-hydrogen) atoms. The lowest BCUT2D eigenvalue weighted by atomic mass is 10.2. The van der Waals surface area contributed by atoms with E-state index in [0.717, 1.165) is 12.5 Å². The molecule has 0 radical (unpaired) electrons. The molecule has 0 saturated carbocycles. The van der Waals surface area contributed by atoms with Crippen molar-refractivity contribution in [2.75, 3.05) is 38.2 Å². The van der Waals surface area contributed by atoms with Gasteiger partial charge in [0.15, 0.2) is 11.6 Å². The number of nitro groups is 1. The fourth-order valence-electron chi connectivity index (χ4n) is 2.72. The first-order chi connectivity index (χ1) is 11.0. The van der Waals surface area contributed by atoms with Gasteiger partial charge in [-0.25, -0.2) is 4.39 Å². The van der Waals surface area contributed by atoms with Gasteiger partial charge in [0.1, 0.15) is 5.69 Å². The summed E-state index contributed by atoms with van der Waals surface area (Å²) < 4.78 is 18.7. The maximum absolute atomic E-state index is 13.8. The molecule has 0 aromatic heterocycles. The molecule has 7 nitrogen and oxygen atoms in total. The standard InChI is InChI=1S/C15H20FN3O4/c1-3-5-17-6-4-7-18(10-15(17)20)12-9-14(23-2)11(16)8-13(12)19(21)22/h8-9H,3-7,10H2,1-2H3. The molecule has 1 amide bonds. The van der Waals surface area contributed by atoms with E-state index in [-0.39, 0.29) is 29.6 Å². The minimum atomic E-state index is -0.795. The number of amides is 1. The number of nitrogens with zero attached hydrogens (tertiary/aromatic N) is 3. The van der Waals surface area contributed by atoms with Crippen LogP contribution >= 0.6 is 0 Å². The molecule has 1 saturated heterocycles. The van der Waals surface area contributed by atoms with Gasteiger partial charge in [-0.1, -0.05) is 6.92 Å². The van der Waals surface area contributed by atoms with Crippen LogP contribution in [0.15, 0.2) is 12.1 Å². The number of ether oxygens (including phenoxy) is 1. The quantitative estimate of drug-likeness (QED) is 0.613. The van der Waals surface area contributed by atoms with Crippen LogP contribution in [-0.2, 0) is 4.79 Å². The molecule has 1 aliphatic heterocycles. The first-order valence-electron chi connectivity index (χ1n) is 7.52. The van der Waals surface area contributed by atoms with Crippen LogP contribution in [0.25, 0.3) is 0 Å². The number of hydrogen-bond acceptors (Lipinski definition) is 5. The SMILES string of the molecule is CCCN1CCCN(c2cc(OC)c(F)cc2[N+](=O)[O-])CC1=O. The minimum absolute atomic E-state index is 0.0373. The van der Waals surface area contributed by atoms with E-state index in [2.05, 4.69) is 0 Å². The molecule has 0 spiro atoms. The van der Waals surface area contributed by atoms with E-state index in [0.29, 0.717) is 26.1 Å². The second-order valence-corrected chi connectivity index (χ2v) is 5.39. The molecule has 1 aromatic rings. The number of halogens is 1. The van der Waals surface area contributed by atoms with Crippen LogP contribution in [0.1, 0.15) is 19.8 Å². The van der Waals surface area contributed by atoms with Crippen LogP contribution in [0.3, 0.4) is 0 Å². The number of benzene rings is 1. The van der Waals surface area contributed by atoms with Gasteiger partial charge in [-0.05, 0) is 12.8 Å². The smallest absolute Gasteiger partial charge is 0.295 e. The van der Waals surface area contributed by atoms with Crippen molar-refractivity contribution in [1.82, 2.24) is 4.90 Å². The number of carbonyl (C=O) groups excluding carboxylic acids is 1. The highest BCUT2D eigenvalue weighted by Crippen LogP contribution is 2.35. The van der Waals surface area contributed by atoms with E-state index < -0.39 is 10.7 Å². The number of rotatable bonds is 5. The molecule has 0 N–H and O–H groups in total. The number of carbonyl (C=O) groups is 1. The zero-order valence-electron chi connectivity index (χ0n) is 13.2. The van der Waals surface area contributed by atoms with Crippen molar-refractivity contribution < 1.29 is 18.8 Å². The van der Waals surface area contributed by atoms with Crippen molar-refractivity contribution in [3.8, 4) is 5.75 Å². The van der Waals surface area contributed by atoms with Gasteiger partial charge in [0.05, 0.1) is 24.6 Å². The Morgan fingerprint density at radius 1 is 1.39 bits per heavy atom. The lowest BCUT2D eigenvalue weighted by Crippen LogP contribution is -2.37. The Kier molecular flexibility index (Phi) is 5.36. The van der Waals surface area contributed by atoms with E-state index in [1.807, 2.05) is 6.92 Å². The number of anilines is 1. The summed E-state index contributed by atoms with van der Waals surface area (Å²) >= 11 is 0. The van der Waals surface area contributed by atoms with Crippen LogP contribution in [0, 0.1) is 15.9 Å². The summed E-state index contributed by atoms with van der Waals surface area (Å²) in [5.41, 5.74) is -0.153. The van der Waals surface area contributed by atoms with E-state index in [1.54, 1.807) is 9.80 Å². The molecule has 2 rings (SSSR count). The Hall–Kier alpha value is -2.38. The molecule has 0 bridgehead atoms. The lowest BCUT2D eigenvalue weighted by molar-refractivity contribution is -0.384. The highest BCUT2D eigenvalue weighted by molar-refractivity contribution is 5.83. The van der Waals surface area contributed by atoms with E-state index in [9.17, 15) is 19.3 Å². The fraction of sp³-hybridized carbons (Fsp3) is 0.533. The number of hydrogen-bond donors (Lipinski definition) is 0. The average Bonchev–Trinajstić information content (AvgIpc) is 2.69. The molecule has 126 valence electrons. The highest BCUT2D eigenvalue weighted by Gasteiger charge is 2.28. The summed E-state index contributed by atoms with van der Waals surface area (Å²) in [6.45, 7) is 3.81. The zero-order chi connectivity index (χ0) is 17.0. The maximum Gasteiger partial charge on any atom is 0.295 e. The van der Waals surface area contributed by atoms with Crippen molar-refractivity contribution in [2.45, 2.75) is 19.8 Å². The third-order valence-electron chi connectivity index (χ3n) is 3.81. The number of nitro benzene ring substituents is 1. The van der Waals surface area contributed by atoms with Crippen LogP contribution < -0.4 is 9.64 Å². The van der Waals surface area contributed by atoms with Gasteiger partial charge < -0.3 is 14.5 Å². The predicted molar refractivity (Wildman–Crippen MR) is 83.3 cm³/mol. The van der Waals surface area contributed by atoms with Crippen molar-refractivity contribution in [3.05, 3.63) is 28.1 Å². The molecule has 0 unspecified atom stereocenters. The van der Waals surface area contributed by atoms with Crippen LogP contribution in [0.2, 0.25) is 0 Å². The van der Waals surface area contributed by atoms with Gasteiger partial charge in [-0.15, -0.1) is 0 Å². The average molecular weight is 325 g/mol.